The lowest BCUT2D eigenvalue weighted by Crippen LogP contribution is -2.45. The summed E-state index contributed by atoms with van der Waals surface area (Å²) >= 11 is 0. The molecule has 0 fully saturated rings. The van der Waals surface area contributed by atoms with Gasteiger partial charge in [-0.3, -0.25) is 9.59 Å². The molecule has 2 unspecified atom stereocenters. The minimum absolute atomic E-state index is 0.00870. The van der Waals surface area contributed by atoms with E-state index in [2.05, 4.69) is 31.3 Å². The average Bonchev–Trinajstić information content (AvgIpc) is 3.36. The Kier molecular flexibility index (Phi) is 59.0. The van der Waals surface area contributed by atoms with Gasteiger partial charge in [0.25, 0.3) is 0 Å². The minimum Gasteiger partial charge on any atom is -0.466 e. The second-order valence-corrected chi connectivity index (χ2v) is 22.1. The summed E-state index contributed by atoms with van der Waals surface area (Å²) in [6.07, 6.45) is 72.2. The molecule has 0 radical (unpaired) electrons. The van der Waals surface area contributed by atoms with Gasteiger partial charge in [-0.2, -0.15) is 0 Å². The molecule has 0 aliphatic rings. The molecule has 70 heavy (non-hydrogen) atoms. The van der Waals surface area contributed by atoms with Gasteiger partial charge in [0.05, 0.1) is 25.4 Å². The average molecular weight is 989 g/mol. The molecule has 0 spiro atoms. The lowest BCUT2D eigenvalue weighted by Gasteiger charge is -2.22. The van der Waals surface area contributed by atoms with E-state index in [4.69, 9.17) is 4.74 Å². The summed E-state index contributed by atoms with van der Waals surface area (Å²) in [5, 5.41) is 23.4. The highest BCUT2D eigenvalue weighted by Crippen LogP contribution is 2.18. The molecule has 0 aliphatic carbocycles. The van der Waals surface area contributed by atoms with Gasteiger partial charge in [0.1, 0.15) is 0 Å². The third-order valence-electron chi connectivity index (χ3n) is 15.1. The number of esters is 1. The summed E-state index contributed by atoms with van der Waals surface area (Å²) in [5.41, 5.74) is 0. The number of unbranched alkanes of at least 4 members (excludes halogenated alkanes) is 47. The third kappa shape index (κ3) is 55.9. The fourth-order valence-electron chi connectivity index (χ4n) is 10.2. The molecule has 0 rings (SSSR count). The Morgan fingerprint density at radius 2 is 0.671 bits per heavy atom. The van der Waals surface area contributed by atoms with Crippen molar-refractivity contribution in [1.82, 2.24) is 5.32 Å². The summed E-state index contributed by atoms with van der Waals surface area (Å²) in [6, 6.07) is -0.548. The number of aliphatic hydroxyl groups excluding tert-OH is 2. The first-order valence-electron chi connectivity index (χ1n) is 31.9. The van der Waals surface area contributed by atoms with Crippen molar-refractivity contribution in [3.8, 4) is 0 Å². The number of carbonyl (C=O) groups is 2. The maximum Gasteiger partial charge on any atom is 0.305 e. The van der Waals surface area contributed by atoms with Crippen LogP contribution >= 0.6 is 0 Å². The SMILES string of the molecule is CCCCCCCCCCCCCCCCCCCCCCC(O)C(CO)NC(=O)CCCCCCCCC/C=C\CCCCCCCCCCCOC(=O)CCCCCCCCCCCCCCC. The number of ether oxygens (including phenoxy) is 1. The van der Waals surface area contributed by atoms with Crippen LogP contribution in [0.3, 0.4) is 0 Å². The lowest BCUT2D eigenvalue weighted by atomic mass is 10.0. The molecular weight excluding hydrogens is 863 g/mol. The summed E-state index contributed by atoms with van der Waals surface area (Å²) < 4.78 is 5.48. The fourth-order valence-corrected chi connectivity index (χ4v) is 10.2. The molecule has 416 valence electrons. The maximum atomic E-state index is 12.5. The topological polar surface area (TPSA) is 95.9 Å². The molecule has 3 N–H and O–H groups in total. The normalized spacial score (nSPS) is 12.6. The summed E-state index contributed by atoms with van der Waals surface area (Å²) in [5.74, 6) is -0.0310. The molecule has 6 heteroatoms. The highest BCUT2D eigenvalue weighted by molar-refractivity contribution is 5.76. The number of allylic oxidation sites excluding steroid dienone is 2. The first-order chi connectivity index (χ1) is 34.5. The molecular formula is C64H125NO5. The number of amides is 1. The predicted molar refractivity (Wildman–Crippen MR) is 306 cm³/mol. The molecule has 1 amide bonds. The fraction of sp³-hybridized carbons (Fsp3) is 0.938. The molecule has 0 aromatic heterocycles. The second kappa shape index (κ2) is 60.2. The number of aliphatic hydroxyl groups is 2. The molecule has 0 aliphatic heterocycles. The number of hydrogen-bond donors (Lipinski definition) is 3. The molecule has 6 nitrogen and oxygen atoms in total. The Morgan fingerprint density at radius 1 is 0.386 bits per heavy atom. The van der Waals surface area contributed by atoms with Crippen molar-refractivity contribution in [1.29, 1.82) is 0 Å². The minimum atomic E-state index is -0.670. The van der Waals surface area contributed by atoms with Gasteiger partial charge in [-0.15, -0.1) is 0 Å². The van der Waals surface area contributed by atoms with Crippen LogP contribution in [0.25, 0.3) is 0 Å². The van der Waals surface area contributed by atoms with Gasteiger partial charge < -0.3 is 20.3 Å². The van der Waals surface area contributed by atoms with Crippen molar-refractivity contribution in [3.63, 3.8) is 0 Å². The van der Waals surface area contributed by atoms with Crippen molar-refractivity contribution in [2.45, 2.75) is 373 Å². The van der Waals surface area contributed by atoms with E-state index in [-0.39, 0.29) is 18.5 Å². The molecule has 2 atom stereocenters. The van der Waals surface area contributed by atoms with Gasteiger partial charge in [-0.1, -0.05) is 309 Å². The van der Waals surface area contributed by atoms with Crippen molar-refractivity contribution < 1.29 is 24.5 Å². The first kappa shape index (κ1) is 68.6. The van der Waals surface area contributed by atoms with Crippen LogP contribution in [0.15, 0.2) is 12.2 Å². The summed E-state index contributed by atoms with van der Waals surface area (Å²) in [6.45, 7) is 4.98. The number of rotatable bonds is 60. The van der Waals surface area contributed by atoms with Gasteiger partial charge in [0.2, 0.25) is 5.91 Å². The van der Waals surface area contributed by atoms with E-state index in [1.165, 1.54) is 289 Å². The van der Waals surface area contributed by atoms with Gasteiger partial charge in [0.15, 0.2) is 0 Å². The summed E-state index contributed by atoms with van der Waals surface area (Å²) in [4.78, 5) is 24.6. The molecule has 0 saturated heterocycles. The largest absolute Gasteiger partial charge is 0.466 e. The van der Waals surface area contributed by atoms with Gasteiger partial charge in [0, 0.05) is 12.8 Å². The predicted octanol–water partition coefficient (Wildman–Crippen LogP) is 20.0. The number of hydrogen-bond acceptors (Lipinski definition) is 5. The zero-order chi connectivity index (χ0) is 50.7. The second-order valence-electron chi connectivity index (χ2n) is 22.1. The number of carbonyl (C=O) groups excluding carboxylic acids is 2. The Hall–Kier alpha value is -1.40. The molecule has 0 aromatic carbocycles. The Bertz CT molecular complexity index is 1050. The standard InChI is InChI=1S/C64H125NO5/c1-3-5-7-9-11-13-15-17-18-19-20-23-26-29-33-36-40-44-48-52-56-62(67)61(60-66)65-63(68)57-53-49-45-41-37-34-30-27-24-21-22-25-28-31-35-39-43-47-51-55-59-70-64(69)58-54-50-46-42-38-32-16-14-12-10-8-6-4-2/h21,24,61-62,66-67H,3-20,22-23,25-60H2,1-2H3,(H,65,68)/b24-21-. The van der Waals surface area contributed by atoms with E-state index in [0.717, 1.165) is 38.5 Å². The monoisotopic (exact) mass is 988 g/mol. The van der Waals surface area contributed by atoms with E-state index in [1.54, 1.807) is 0 Å². The maximum absolute atomic E-state index is 12.5. The molecule has 0 saturated carbocycles. The highest BCUT2D eigenvalue weighted by Gasteiger charge is 2.20. The van der Waals surface area contributed by atoms with Crippen LogP contribution in [0.1, 0.15) is 361 Å². The van der Waals surface area contributed by atoms with E-state index < -0.39 is 12.1 Å². The van der Waals surface area contributed by atoms with E-state index in [0.29, 0.717) is 25.9 Å². The third-order valence-corrected chi connectivity index (χ3v) is 15.1. The zero-order valence-electron chi connectivity index (χ0n) is 47.5. The van der Waals surface area contributed by atoms with E-state index >= 15 is 0 Å². The van der Waals surface area contributed by atoms with Gasteiger partial charge in [-0.25, -0.2) is 0 Å². The van der Waals surface area contributed by atoms with Crippen LogP contribution in [0, 0.1) is 0 Å². The summed E-state index contributed by atoms with van der Waals surface area (Å²) in [7, 11) is 0. The highest BCUT2D eigenvalue weighted by atomic mass is 16.5. The first-order valence-corrected chi connectivity index (χ1v) is 31.9. The van der Waals surface area contributed by atoms with Gasteiger partial charge in [-0.05, 0) is 51.4 Å². The smallest absolute Gasteiger partial charge is 0.305 e. The van der Waals surface area contributed by atoms with Crippen LogP contribution in [0.2, 0.25) is 0 Å². The lowest BCUT2D eigenvalue weighted by molar-refractivity contribution is -0.143. The van der Waals surface area contributed by atoms with E-state index in [1.807, 2.05) is 0 Å². The van der Waals surface area contributed by atoms with Crippen LogP contribution in [0.5, 0.6) is 0 Å². The molecule has 0 heterocycles. The van der Waals surface area contributed by atoms with E-state index in [9.17, 15) is 19.8 Å². The quantitative estimate of drug-likeness (QED) is 0.0321. The molecule has 0 bridgehead atoms. The number of nitrogens with one attached hydrogen (secondary N) is 1. The van der Waals surface area contributed by atoms with Crippen molar-refractivity contribution >= 4 is 11.9 Å². The van der Waals surface area contributed by atoms with Crippen LogP contribution in [0.4, 0.5) is 0 Å². The Labute approximate surface area is 438 Å². The Balaban J connectivity index is 3.42. The Morgan fingerprint density at radius 3 is 1.01 bits per heavy atom. The van der Waals surface area contributed by atoms with Crippen molar-refractivity contribution in [2.24, 2.45) is 0 Å². The van der Waals surface area contributed by atoms with Crippen LogP contribution < -0.4 is 5.32 Å². The molecule has 0 aromatic rings. The van der Waals surface area contributed by atoms with Crippen LogP contribution in [-0.4, -0.2) is 47.4 Å². The van der Waals surface area contributed by atoms with Crippen molar-refractivity contribution in [3.05, 3.63) is 12.2 Å². The zero-order valence-corrected chi connectivity index (χ0v) is 47.5. The van der Waals surface area contributed by atoms with Crippen molar-refractivity contribution in [2.75, 3.05) is 13.2 Å². The van der Waals surface area contributed by atoms with Crippen LogP contribution in [-0.2, 0) is 14.3 Å². The van der Waals surface area contributed by atoms with Gasteiger partial charge >= 0.3 is 5.97 Å².